The van der Waals surface area contributed by atoms with E-state index in [0.717, 1.165) is 5.56 Å². The molecular weight excluding hydrogens is 307 g/mol. The molecule has 0 amide bonds. The minimum atomic E-state index is -0.350. The Balaban J connectivity index is 2.20. The third kappa shape index (κ3) is 4.42. The Hall–Kier alpha value is -1.64. The van der Waals surface area contributed by atoms with Crippen LogP contribution in [0.2, 0.25) is 5.02 Å². The van der Waals surface area contributed by atoms with Gasteiger partial charge < -0.3 is 0 Å². The molecule has 0 atom stereocenters. The number of hydrogen-bond acceptors (Lipinski definition) is 2. The largest absolute Gasteiger partial charge is 0.289 e. The van der Waals surface area contributed by atoms with E-state index in [1.165, 1.54) is 0 Å². The zero-order valence-electron chi connectivity index (χ0n) is 11.3. The number of benzene rings is 2. The fraction of sp³-hybridized carbons (Fsp3) is 0.176. The van der Waals surface area contributed by atoms with Crippen molar-refractivity contribution in [1.82, 2.24) is 0 Å². The van der Waals surface area contributed by atoms with Crippen LogP contribution >= 0.6 is 23.2 Å². The van der Waals surface area contributed by atoms with Crippen LogP contribution in [-0.4, -0.2) is 11.0 Å². The van der Waals surface area contributed by atoms with E-state index in [1.54, 1.807) is 30.3 Å². The number of rotatable bonds is 6. The molecule has 4 heteroatoms. The Morgan fingerprint density at radius 2 is 1.62 bits per heavy atom. The maximum absolute atomic E-state index is 12.5. The van der Waals surface area contributed by atoms with E-state index in [1.807, 2.05) is 18.2 Å². The third-order valence-corrected chi connectivity index (χ3v) is 3.63. The first-order valence-electron chi connectivity index (χ1n) is 6.64. The summed E-state index contributed by atoms with van der Waals surface area (Å²) < 4.78 is 0. The molecule has 0 saturated heterocycles. The topological polar surface area (TPSA) is 34.1 Å². The predicted octanol–water partition coefficient (Wildman–Crippen LogP) is 4.66. The lowest BCUT2D eigenvalue weighted by Gasteiger charge is -2.08. The molecule has 0 heterocycles. The molecule has 0 aromatic heterocycles. The quantitative estimate of drug-likeness (QED) is 0.573. The van der Waals surface area contributed by atoms with Gasteiger partial charge in [-0.25, -0.2) is 0 Å². The van der Waals surface area contributed by atoms with Crippen LogP contribution in [0.25, 0.3) is 0 Å². The number of halogens is 2. The van der Waals surface area contributed by atoms with Crippen LogP contribution in [0.15, 0.2) is 48.5 Å². The van der Waals surface area contributed by atoms with Crippen LogP contribution in [0.4, 0.5) is 0 Å². The molecule has 2 rings (SSSR count). The molecule has 0 bridgehead atoms. The molecule has 0 aliphatic rings. The van der Waals surface area contributed by atoms with Gasteiger partial charge in [-0.15, -0.1) is 0 Å². The predicted molar refractivity (Wildman–Crippen MR) is 85.1 cm³/mol. The fourth-order valence-corrected chi connectivity index (χ4v) is 2.39. The maximum atomic E-state index is 12.5. The molecular formula is C17H14Cl2O2. The van der Waals surface area contributed by atoms with E-state index in [9.17, 15) is 9.59 Å². The summed E-state index contributed by atoms with van der Waals surface area (Å²) in [5.41, 5.74) is 2.18. The van der Waals surface area contributed by atoms with Crippen molar-refractivity contribution in [3.8, 4) is 0 Å². The van der Waals surface area contributed by atoms with Gasteiger partial charge in [0.05, 0.1) is 0 Å². The average Bonchev–Trinajstić information content (AvgIpc) is 2.47. The van der Waals surface area contributed by atoms with Crippen LogP contribution in [0, 0.1) is 0 Å². The van der Waals surface area contributed by atoms with Gasteiger partial charge in [0.2, 0.25) is 5.24 Å². The zero-order chi connectivity index (χ0) is 15.2. The Labute approximate surface area is 133 Å². The SMILES string of the molecule is O=C(Cl)CCCc1ccccc1C(=O)c1ccc(Cl)cc1. The summed E-state index contributed by atoms with van der Waals surface area (Å²) in [7, 11) is 0. The lowest BCUT2D eigenvalue weighted by molar-refractivity contribution is -0.111. The van der Waals surface area contributed by atoms with Crippen molar-refractivity contribution in [3.05, 3.63) is 70.2 Å². The lowest BCUT2D eigenvalue weighted by Crippen LogP contribution is -2.05. The van der Waals surface area contributed by atoms with E-state index >= 15 is 0 Å². The van der Waals surface area contributed by atoms with Gasteiger partial charge in [-0.3, -0.25) is 9.59 Å². The molecule has 0 fully saturated rings. The Kier molecular flexibility index (Phi) is 5.54. The van der Waals surface area contributed by atoms with Crippen molar-refractivity contribution >= 4 is 34.2 Å². The first kappa shape index (κ1) is 15.7. The highest BCUT2D eigenvalue weighted by molar-refractivity contribution is 6.63. The van der Waals surface area contributed by atoms with Gasteiger partial charge in [0.25, 0.3) is 0 Å². The van der Waals surface area contributed by atoms with Gasteiger partial charge in [0, 0.05) is 22.6 Å². The molecule has 108 valence electrons. The number of aryl methyl sites for hydroxylation is 1. The minimum Gasteiger partial charge on any atom is -0.289 e. The molecule has 0 aliphatic carbocycles. The van der Waals surface area contributed by atoms with Crippen molar-refractivity contribution in [3.63, 3.8) is 0 Å². The molecule has 0 spiro atoms. The second-order valence-corrected chi connectivity index (χ2v) is 5.56. The van der Waals surface area contributed by atoms with Crippen molar-refractivity contribution in [2.45, 2.75) is 19.3 Å². The normalized spacial score (nSPS) is 10.4. The third-order valence-electron chi connectivity index (χ3n) is 3.19. The van der Waals surface area contributed by atoms with E-state index in [0.29, 0.717) is 35.4 Å². The van der Waals surface area contributed by atoms with Crippen molar-refractivity contribution in [2.24, 2.45) is 0 Å². The first-order valence-corrected chi connectivity index (χ1v) is 7.40. The summed E-state index contributed by atoms with van der Waals surface area (Å²) in [6, 6.07) is 14.2. The summed E-state index contributed by atoms with van der Waals surface area (Å²) in [6.45, 7) is 0. The van der Waals surface area contributed by atoms with Gasteiger partial charge >= 0.3 is 0 Å². The fourth-order valence-electron chi connectivity index (χ4n) is 2.13. The summed E-state index contributed by atoms with van der Waals surface area (Å²) >= 11 is 11.2. The molecule has 2 aromatic rings. The zero-order valence-corrected chi connectivity index (χ0v) is 12.8. The Morgan fingerprint density at radius 3 is 2.29 bits per heavy atom. The van der Waals surface area contributed by atoms with Gasteiger partial charge in [-0.05, 0) is 54.3 Å². The molecule has 0 aliphatic heterocycles. The summed E-state index contributed by atoms with van der Waals surface area (Å²) in [5, 5.41) is 0.247. The standard InChI is InChI=1S/C17H14Cl2O2/c18-14-10-8-13(9-11-14)17(21)15-6-2-1-4-12(15)5-3-7-16(19)20/h1-2,4,6,8-11H,3,5,7H2. The van der Waals surface area contributed by atoms with E-state index < -0.39 is 0 Å². The van der Waals surface area contributed by atoms with E-state index in [2.05, 4.69) is 0 Å². The first-order chi connectivity index (χ1) is 10.1. The summed E-state index contributed by atoms with van der Waals surface area (Å²) in [4.78, 5) is 23.3. The van der Waals surface area contributed by atoms with Gasteiger partial charge in [-0.1, -0.05) is 35.9 Å². The Morgan fingerprint density at radius 1 is 0.952 bits per heavy atom. The number of ketones is 1. The Bertz CT molecular complexity index is 648. The van der Waals surface area contributed by atoms with Gasteiger partial charge in [0.1, 0.15) is 0 Å². The highest BCUT2D eigenvalue weighted by Crippen LogP contribution is 2.18. The number of carbonyl (C=O) groups excluding carboxylic acids is 2. The minimum absolute atomic E-state index is 0.0422. The molecule has 21 heavy (non-hydrogen) atoms. The van der Waals surface area contributed by atoms with Crippen LogP contribution in [-0.2, 0) is 11.2 Å². The van der Waals surface area contributed by atoms with Crippen LogP contribution in [0.3, 0.4) is 0 Å². The summed E-state index contributed by atoms with van der Waals surface area (Å²) in [6.07, 6.45) is 1.59. The second kappa shape index (κ2) is 7.39. The molecule has 0 unspecified atom stereocenters. The number of carbonyl (C=O) groups is 2. The maximum Gasteiger partial charge on any atom is 0.221 e. The van der Waals surface area contributed by atoms with Crippen molar-refractivity contribution < 1.29 is 9.59 Å². The molecule has 2 nitrogen and oxygen atoms in total. The molecule has 2 aromatic carbocycles. The molecule has 0 radical (unpaired) electrons. The highest BCUT2D eigenvalue weighted by Gasteiger charge is 2.13. The lowest BCUT2D eigenvalue weighted by atomic mass is 9.95. The van der Waals surface area contributed by atoms with Crippen LogP contribution in [0.1, 0.15) is 34.3 Å². The average molecular weight is 321 g/mol. The van der Waals surface area contributed by atoms with E-state index in [-0.39, 0.29) is 11.0 Å². The highest BCUT2D eigenvalue weighted by atomic mass is 35.5. The van der Waals surface area contributed by atoms with Crippen molar-refractivity contribution in [1.29, 1.82) is 0 Å². The van der Waals surface area contributed by atoms with Crippen LogP contribution in [0.5, 0.6) is 0 Å². The monoisotopic (exact) mass is 320 g/mol. The van der Waals surface area contributed by atoms with E-state index in [4.69, 9.17) is 23.2 Å². The van der Waals surface area contributed by atoms with Crippen LogP contribution < -0.4 is 0 Å². The van der Waals surface area contributed by atoms with Crippen molar-refractivity contribution in [2.75, 3.05) is 0 Å². The van der Waals surface area contributed by atoms with Gasteiger partial charge in [-0.2, -0.15) is 0 Å². The number of hydrogen-bond donors (Lipinski definition) is 0. The molecule has 0 N–H and O–H groups in total. The summed E-state index contributed by atoms with van der Waals surface area (Å²) in [5.74, 6) is -0.0422. The smallest absolute Gasteiger partial charge is 0.221 e. The second-order valence-electron chi connectivity index (χ2n) is 4.70. The van der Waals surface area contributed by atoms with Gasteiger partial charge in [0.15, 0.2) is 5.78 Å². The molecule has 0 saturated carbocycles.